The summed E-state index contributed by atoms with van der Waals surface area (Å²) in [6.07, 6.45) is 0.809. The fourth-order valence-electron chi connectivity index (χ4n) is 4.15. The molecule has 3 aromatic carbocycles. The predicted octanol–water partition coefficient (Wildman–Crippen LogP) is 5.86. The molecule has 0 bridgehead atoms. The van der Waals surface area contributed by atoms with Gasteiger partial charge in [0.05, 0.1) is 10.9 Å². The van der Waals surface area contributed by atoms with Crippen LogP contribution in [0, 0.1) is 0 Å². The number of rotatable bonds is 5. The Morgan fingerprint density at radius 1 is 0.848 bits per heavy atom. The Bertz CT molecular complexity index is 1220. The lowest BCUT2D eigenvalue weighted by atomic mass is 9.99. The number of amides is 3. The summed E-state index contributed by atoms with van der Waals surface area (Å²) in [6, 6.07) is 28.7. The van der Waals surface area contributed by atoms with Crippen molar-refractivity contribution in [2.45, 2.75) is 12.5 Å². The number of hydrogen-bond donors (Lipinski definition) is 2. The summed E-state index contributed by atoms with van der Waals surface area (Å²) >= 11 is 1.44. The van der Waals surface area contributed by atoms with Crippen molar-refractivity contribution in [3.63, 3.8) is 0 Å². The number of anilines is 2. The Balaban J connectivity index is 1.35. The first kappa shape index (κ1) is 21.0. The number of carbonyl (C=O) groups excluding carboxylic acids is 2. The zero-order chi connectivity index (χ0) is 22.6. The van der Waals surface area contributed by atoms with Crippen LogP contribution in [-0.2, 0) is 6.42 Å². The Morgan fingerprint density at radius 2 is 1.55 bits per heavy atom. The molecule has 5 nitrogen and oxygen atoms in total. The van der Waals surface area contributed by atoms with E-state index >= 15 is 0 Å². The number of urea groups is 1. The van der Waals surface area contributed by atoms with E-state index < -0.39 is 0 Å². The van der Waals surface area contributed by atoms with E-state index in [2.05, 4.69) is 10.6 Å². The third-order valence-electron chi connectivity index (χ3n) is 5.76. The minimum Gasteiger partial charge on any atom is -0.327 e. The minimum absolute atomic E-state index is 0.00132. The highest BCUT2D eigenvalue weighted by Gasteiger charge is 2.26. The van der Waals surface area contributed by atoms with Gasteiger partial charge in [-0.2, -0.15) is 0 Å². The Hall–Kier alpha value is -3.90. The molecule has 0 spiro atoms. The van der Waals surface area contributed by atoms with E-state index in [0.29, 0.717) is 17.1 Å². The number of carbonyl (C=O) groups is 2. The lowest BCUT2D eigenvalue weighted by Crippen LogP contribution is -2.33. The molecule has 5 rings (SSSR count). The van der Waals surface area contributed by atoms with Crippen LogP contribution < -0.4 is 15.5 Å². The van der Waals surface area contributed by atoms with Crippen molar-refractivity contribution in [1.82, 2.24) is 5.32 Å². The van der Waals surface area contributed by atoms with E-state index in [9.17, 15) is 9.59 Å². The summed E-state index contributed by atoms with van der Waals surface area (Å²) in [5.41, 5.74) is 4.62. The van der Waals surface area contributed by atoms with Gasteiger partial charge >= 0.3 is 6.03 Å². The molecule has 1 aromatic heterocycles. The minimum atomic E-state index is -0.304. The molecule has 1 aliphatic rings. The molecule has 0 atom stereocenters. The zero-order valence-electron chi connectivity index (χ0n) is 17.9. The summed E-state index contributed by atoms with van der Waals surface area (Å²) in [5, 5.41) is 7.95. The number of benzene rings is 3. The Labute approximate surface area is 196 Å². The van der Waals surface area contributed by atoms with Gasteiger partial charge in [0.2, 0.25) is 0 Å². The van der Waals surface area contributed by atoms with Gasteiger partial charge in [-0.3, -0.25) is 4.79 Å². The number of fused-ring (bicyclic) bond motifs is 1. The fourth-order valence-corrected chi connectivity index (χ4v) is 4.82. The molecule has 164 valence electrons. The largest absolute Gasteiger partial charge is 0.327 e. The van der Waals surface area contributed by atoms with Crippen molar-refractivity contribution in [2.24, 2.45) is 0 Å². The molecule has 4 aromatic rings. The summed E-state index contributed by atoms with van der Waals surface area (Å²) in [6.45, 7) is 0.645. The van der Waals surface area contributed by atoms with Gasteiger partial charge in [-0.25, -0.2) is 4.79 Å². The maximum Gasteiger partial charge on any atom is 0.319 e. The molecule has 2 heterocycles. The summed E-state index contributed by atoms with van der Waals surface area (Å²) < 4.78 is 0. The molecule has 33 heavy (non-hydrogen) atoms. The van der Waals surface area contributed by atoms with Crippen LogP contribution in [0.25, 0.3) is 0 Å². The van der Waals surface area contributed by atoms with Gasteiger partial charge in [0.25, 0.3) is 5.91 Å². The van der Waals surface area contributed by atoms with E-state index in [1.54, 1.807) is 4.90 Å². The SMILES string of the molecule is O=C(Nc1ccc2c(c1)N(C(=O)c1cccs1)CC2)NC(c1ccccc1)c1ccccc1. The first-order valence-electron chi connectivity index (χ1n) is 10.8. The standard InChI is InChI=1S/C27H23N3O2S/c31-26(24-12-7-17-33-24)30-16-15-19-13-14-22(18-23(19)30)28-27(32)29-25(20-8-3-1-4-9-20)21-10-5-2-6-11-21/h1-14,17-18,25H,15-16H2,(H2,28,29,32). The Kier molecular flexibility index (Phi) is 5.91. The van der Waals surface area contributed by atoms with Gasteiger partial charge in [0.15, 0.2) is 0 Å². The van der Waals surface area contributed by atoms with Crippen LogP contribution in [0.15, 0.2) is 96.4 Å². The van der Waals surface area contributed by atoms with Gasteiger partial charge < -0.3 is 15.5 Å². The van der Waals surface area contributed by atoms with E-state index in [4.69, 9.17) is 0 Å². The second-order valence-corrected chi connectivity index (χ2v) is 8.83. The highest BCUT2D eigenvalue weighted by atomic mass is 32.1. The summed E-state index contributed by atoms with van der Waals surface area (Å²) in [7, 11) is 0. The van der Waals surface area contributed by atoms with Crippen molar-refractivity contribution in [2.75, 3.05) is 16.8 Å². The molecule has 0 fully saturated rings. The van der Waals surface area contributed by atoms with E-state index in [1.807, 2.05) is 96.4 Å². The van der Waals surface area contributed by atoms with Crippen molar-refractivity contribution in [1.29, 1.82) is 0 Å². The van der Waals surface area contributed by atoms with Crippen LogP contribution >= 0.6 is 11.3 Å². The van der Waals surface area contributed by atoms with E-state index in [0.717, 1.165) is 28.8 Å². The van der Waals surface area contributed by atoms with Crippen LogP contribution in [0.5, 0.6) is 0 Å². The quantitative estimate of drug-likeness (QED) is 0.397. The molecular formula is C27H23N3O2S. The maximum absolute atomic E-state index is 13.0. The Morgan fingerprint density at radius 3 is 2.18 bits per heavy atom. The summed E-state index contributed by atoms with van der Waals surface area (Å²) in [4.78, 5) is 28.4. The topological polar surface area (TPSA) is 61.4 Å². The lowest BCUT2D eigenvalue weighted by molar-refractivity contribution is 0.0993. The molecule has 3 amide bonds. The lowest BCUT2D eigenvalue weighted by Gasteiger charge is -2.21. The van der Waals surface area contributed by atoms with Gasteiger partial charge in [0, 0.05) is 17.9 Å². The maximum atomic E-state index is 13.0. The van der Waals surface area contributed by atoms with Gasteiger partial charge in [-0.05, 0) is 46.7 Å². The average molecular weight is 454 g/mol. The monoisotopic (exact) mass is 453 g/mol. The highest BCUT2D eigenvalue weighted by Crippen LogP contribution is 2.33. The predicted molar refractivity (Wildman–Crippen MR) is 133 cm³/mol. The number of thiophene rings is 1. The number of nitrogens with one attached hydrogen (secondary N) is 2. The third kappa shape index (κ3) is 4.52. The second-order valence-electron chi connectivity index (χ2n) is 7.88. The van der Waals surface area contributed by atoms with Crippen molar-refractivity contribution >= 4 is 34.6 Å². The highest BCUT2D eigenvalue weighted by molar-refractivity contribution is 7.12. The van der Waals surface area contributed by atoms with Crippen LogP contribution in [0.3, 0.4) is 0 Å². The van der Waals surface area contributed by atoms with E-state index in [-0.39, 0.29) is 18.0 Å². The summed E-state index contributed by atoms with van der Waals surface area (Å²) in [5.74, 6) is -0.00132. The fraction of sp³-hybridized carbons (Fsp3) is 0.111. The van der Waals surface area contributed by atoms with Crippen LogP contribution in [-0.4, -0.2) is 18.5 Å². The molecule has 1 aliphatic heterocycles. The van der Waals surface area contributed by atoms with Crippen molar-refractivity contribution < 1.29 is 9.59 Å². The first-order valence-corrected chi connectivity index (χ1v) is 11.7. The van der Waals surface area contributed by atoms with Gasteiger partial charge in [0.1, 0.15) is 0 Å². The van der Waals surface area contributed by atoms with Crippen molar-refractivity contribution in [3.8, 4) is 0 Å². The van der Waals surface area contributed by atoms with Crippen LogP contribution in [0.4, 0.5) is 16.2 Å². The molecule has 2 N–H and O–H groups in total. The molecule has 6 heteroatoms. The normalized spacial score (nSPS) is 12.5. The number of hydrogen-bond acceptors (Lipinski definition) is 3. The van der Waals surface area contributed by atoms with Gasteiger partial charge in [-0.15, -0.1) is 11.3 Å². The number of nitrogens with zero attached hydrogens (tertiary/aromatic N) is 1. The van der Waals surface area contributed by atoms with Crippen LogP contribution in [0.1, 0.15) is 32.4 Å². The molecule has 0 unspecified atom stereocenters. The zero-order valence-corrected chi connectivity index (χ0v) is 18.7. The molecule has 0 aliphatic carbocycles. The molecular weight excluding hydrogens is 430 g/mol. The molecule has 0 saturated heterocycles. The second kappa shape index (κ2) is 9.30. The average Bonchev–Trinajstić information content (AvgIpc) is 3.54. The third-order valence-corrected chi connectivity index (χ3v) is 6.61. The smallest absolute Gasteiger partial charge is 0.319 e. The molecule has 0 saturated carbocycles. The van der Waals surface area contributed by atoms with Crippen LogP contribution in [0.2, 0.25) is 0 Å². The van der Waals surface area contributed by atoms with Crippen molar-refractivity contribution in [3.05, 3.63) is 118 Å². The first-order chi connectivity index (χ1) is 16.2. The van der Waals surface area contributed by atoms with E-state index in [1.165, 1.54) is 11.3 Å². The van der Waals surface area contributed by atoms with Gasteiger partial charge in [-0.1, -0.05) is 72.8 Å². The molecule has 0 radical (unpaired) electrons.